The van der Waals surface area contributed by atoms with Gasteiger partial charge < -0.3 is 0 Å². The second kappa shape index (κ2) is 8.76. The summed E-state index contributed by atoms with van der Waals surface area (Å²) >= 11 is 1.90. The number of hydrogen-bond acceptors (Lipinski definition) is 1. The molecule has 1 heterocycles. The maximum absolute atomic E-state index is 2.40. The molecule has 0 fully saturated rings. The third kappa shape index (κ3) is 3.27. The first-order chi connectivity index (χ1) is 20.4. The molecule has 1 heteroatoms. The fourth-order valence-electron chi connectivity index (χ4n) is 6.91. The molecule has 0 aliphatic heterocycles. The first kappa shape index (κ1) is 22.8. The van der Waals surface area contributed by atoms with Crippen LogP contribution in [0.2, 0.25) is 0 Å². The van der Waals surface area contributed by atoms with Crippen LogP contribution in [-0.4, -0.2) is 0 Å². The van der Waals surface area contributed by atoms with Crippen molar-refractivity contribution in [2.75, 3.05) is 0 Å². The Hall–Kier alpha value is -4.98. The van der Waals surface area contributed by atoms with E-state index in [0.717, 1.165) is 0 Å². The van der Waals surface area contributed by atoms with Gasteiger partial charge in [-0.3, -0.25) is 0 Å². The van der Waals surface area contributed by atoms with Gasteiger partial charge in [-0.05, 0) is 71.9 Å². The second-order valence-corrected chi connectivity index (χ2v) is 11.9. The van der Waals surface area contributed by atoms with Crippen LogP contribution < -0.4 is 0 Å². The first-order valence-corrected chi connectivity index (χ1v) is 14.9. The minimum atomic E-state index is 1.27. The largest absolute Gasteiger partial charge is 0.135 e. The molecule has 0 aliphatic carbocycles. The maximum Gasteiger partial charge on any atom is 0.0434 e. The topological polar surface area (TPSA) is 0 Å². The summed E-state index contributed by atoms with van der Waals surface area (Å²) in [7, 11) is 0. The summed E-state index contributed by atoms with van der Waals surface area (Å²) in [5, 5.41) is 13.0. The van der Waals surface area contributed by atoms with E-state index in [1.807, 2.05) is 11.3 Å². The standard InChI is InChI=1S/C40H24S/c1-2-13-26-25(12-1)24-36(28-15-4-3-14-27(26)28)39-32-19-7-5-17-30(32)38(31-18-6-8-20-33(31)39)35-22-11-21-34-29-16-9-10-23-37(29)41-40(34)35/h1-24H. The molecule has 9 aromatic rings. The van der Waals surface area contributed by atoms with E-state index in [4.69, 9.17) is 0 Å². The molecule has 0 radical (unpaired) electrons. The Bertz CT molecular complexity index is 2420. The summed E-state index contributed by atoms with van der Waals surface area (Å²) in [6, 6.07) is 53.7. The normalized spacial score (nSPS) is 11.9. The molecule has 0 aliphatic rings. The molecule has 9 rings (SSSR count). The molecule has 0 unspecified atom stereocenters. The van der Waals surface area contributed by atoms with E-state index in [1.165, 1.54) is 85.5 Å². The smallest absolute Gasteiger partial charge is 0.0434 e. The van der Waals surface area contributed by atoms with Crippen LogP contribution in [0.25, 0.3) is 85.5 Å². The van der Waals surface area contributed by atoms with Crippen molar-refractivity contribution in [1.29, 1.82) is 0 Å². The summed E-state index contributed by atoms with van der Waals surface area (Å²) in [6.45, 7) is 0. The number of thiophene rings is 1. The number of benzene rings is 8. The zero-order chi connectivity index (χ0) is 26.9. The van der Waals surface area contributed by atoms with Crippen LogP contribution >= 0.6 is 11.3 Å². The predicted octanol–water partition coefficient (Wildman–Crippen LogP) is 12.0. The van der Waals surface area contributed by atoms with E-state index >= 15 is 0 Å². The van der Waals surface area contributed by atoms with Crippen LogP contribution in [0.1, 0.15) is 0 Å². The molecule has 0 amide bonds. The summed E-state index contributed by atoms with van der Waals surface area (Å²) in [5.41, 5.74) is 5.23. The zero-order valence-electron chi connectivity index (χ0n) is 22.3. The Balaban J connectivity index is 1.48. The van der Waals surface area contributed by atoms with Crippen LogP contribution in [0.4, 0.5) is 0 Å². The molecule has 0 atom stereocenters. The molecule has 0 N–H and O–H groups in total. The van der Waals surface area contributed by atoms with Crippen molar-refractivity contribution in [2.24, 2.45) is 0 Å². The number of rotatable bonds is 2. The van der Waals surface area contributed by atoms with Gasteiger partial charge in [-0.2, -0.15) is 0 Å². The minimum Gasteiger partial charge on any atom is -0.135 e. The van der Waals surface area contributed by atoms with Crippen LogP contribution in [0.3, 0.4) is 0 Å². The maximum atomic E-state index is 2.40. The van der Waals surface area contributed by atoms with Gasteiger partial charge in [0.15, 0.2) is 0 Å². The fraction of sp³-hybridized carbons (Fsp3) is 0. The van der Waals surface area contributed by atoms with Crippen molar-refractivity contribution in [3.63, 3.8) is 0 Å². The third-order valence-electron chi connectivity index (χ3n) is 8.64. The molecule has 8 aromatic carbocycles. The molecule has 0 saturated heterocycles. The first-order valence-electron chi connectivity index (χ1n) is 14.1. The van der Waals surface area contributed by atoms with Gasteiger partial charge in [-0.1, -0.05) is 133 Å². The van der Waals surface area contributed by atoms with E-state index in [-0.39, 0.29) is 0 Å². The van der Waals surface area contributed by atoms with Gasteiger partial charge in [0.1, 0.15) is 0 Å². The Morgan fingerprint density at radius 2 is 0.805 bits per heavy atom. The van der Waals surface area contributed by atoms with Crippen molar-refractivity contribution in [1.82, 2.24) is 0 Å². The average Bonchev–Trinajstić information content (AvgIpc) is 3.43. The molecule has 0 saturated carbocycles. The van der Waals surface area contributed by atoms with Gasteiger partial charge >= 0.3 is 0 Å². The number of fused-ring (bicyclic) bond motifs is 8. The van der Waals surface area contributed by atoms with Gasteiger partial charge in [0.05, 0.1) is 0 Å². The van der Waals surface area contributed by atoms with E-state index < -0.39 is 0 Å². The Labute approximate surface area is 241 Å². The van der Waals surface area contributed by atoms with Crippen LogP contribution in [0.5, 0.6) is 0 Å². The summed E-state index contributed by atoms with van der Waals surface area (Å²) < 4.78 is 2.69. The Morgan fingerprint density at radius 1 is 0.317 bits per heavy atom. The Morgan fingerprint density at radius 3 is 1.49 bits per heavy atom. The van der Waals surface area contributed by atoms with Crippen molar-refractivity contribution in [2.45, 2.75) is 0 Å². The quantitative estimate of drug-likeness (QED) is 0.152. The highest BCUT2D eigenvalue weighted by molar-refractivity contribution is 7.26. The molecular formula is C40H24S. The lowest BCUT2D eigenvalue weighted by atomic mass is 9.83. The molecular weight excluding hydrogens is 513 g/mol. The summed E-state index contributed by atoms with van der Waals surface area (Å²) in [4.78, 5) is 0. The lowest BCUT2D eigenvalue weighted by Gasteiger charge is -2.20. The molecule has 0 bridgehead atoms. The Kier molecular flexibility index (Phi) is 4.87. The number of hydrogen-bond donors (Lipinski definition) is 0. The van der Waals surface area contributed by atoms with Crippen LogP contribution in [0.15, 0.2) is 146 Å². The fourth-order valence-corrected chi connectivity index (χ4v) is 8.14. The lowest BCUT2D eigenvalue weighted by Crippen LogP contribution is -1.92. The van der Waals surface area contributed by atoms with Gasteiger partial charge in [-0.15, -0.1) is 11.3 Å². The molecule has 0 nitrogen and oxygen atoms in total. The van der Waals surface area contributed by atoms with Crippen molar-refractivity contribution >= 4 is 74.6 Å². The highest BCUT2D eigenvalue weighted by Gasteiger charge is 2.20. The summed E-state index contributed by atoms with van der Waals surface area (Å²) in [6.07, 6.45) is 0. The van der Waals surface area contributed by atoms with Gasteiger partial charge in [0.2, 0.25) is 0 Å². The van der Waals surface area contributed by atoms with Crippen molar-refractivity contribution in [3.8, 4) is 22.3 Å². The molecule has 190 valence electrons. The SMILES string of the molecule is c1ccc2c(c1)cc(-c1c3ccccc3c(-c3cccc4c3sc3ccccc34)c3ccccc13)c1ccccc12. The third-order valence-corrected chi connectivity index (χ3v) is 9.86. The van der Waals surface area contributed by atoms with E-state index in [9.17, 15) is 0 Å². The predicted molar refractivity (Wildman–Crippen MR) is 180 cm³/mol. The van der Waals surface area contributed by atoms with E-state index in [0.29, 0.717) is 0 Å². The molecule has 41 heavy (non-hydrogen) atoms. The van der Waals surface area contributed by atoms with Crippen LogP contribution in [0, 0.1) is 0 Å². The monoisotopic (exact) mass is 536 g/mol. The van der Waals surface area contributed by atoms with E-state index in [2.05, 4.69) is 146 Å². The van der Waals surface area contributed by atoms with Crippen LogP contribution in [-0.2, 0) is 0 Å². The lowest BCUT2D eigenvalue weighted by molar-refractivity contribution is 1.71. The highest BCUT2D eigenvalue weighted by Crippen LogP contribution is 2.49. The minimum absolute atomic E-state index is 1.27. The highest BCUT2D eigenvalue weighted by atomic mass is 32.1. The summed E-state index contributed by atoms with van der Waals surface area (Å²) in [5.74, 6) is 0. The average molecular weight is 537 g/mol. The van der Waals surface area contributed by atoms with Gasteiger partial charge in [-0.25, -0.2) is 0 Å². The van der Waals surface area contributed by atoms with Crippen molar-refractivity contribution < 1.29 is 0 Å². The van der Waals surface area contributed by atoms with E-state index in [1.54, 1.807) is 0 Å². The van der Waals surface area contributed by atoms with Gasteiger partial charge in [0.25, 0.3) is 0 Å². The van der Waals surface area contributed by atoms with Gasteiger partial charge in [0, 0.05) is 25.7 Å². The van der Waals surface area contributed by atoms with Crippen molar-refractivity contribution in [3.05, 3.63) is 146 Å². The zero-order valence-corrected chi connectivity index (χ0v) is 23.1. The molecule has 1 aromatic heterocycles. The second-order valence-electron chi connectivity index (χ2n) is 10.8. The molecule has 0 spiro atoms.